The number of aromatic nitrogens is 6. The van der Waals surface area contributed by atoms with E-state index in [1.165, 1.54) is 11.0 Å². The molecule has 0 unspecified atom stereocenters. The molecule has 8 heteroatoms. The van der Waals surface area contributed by atoms with Gasteiger partial charge in [0.2, 0.25) is 5.91 Å². The number of carbonyl (C=O) groups excluding carboxylic acids is 1. The second kappa shape index (κ2) is 5.55. The van der Waals surface area contributed by atoms with Gasteiger partial charge in [-0.2, -0.15) is 0 Å². The van der Waals surface area contributed by atoms with Crippen LogP contribution in [0.4, 0.5) is 0 Å². The average Bonchev–Trinajstić information content (AvgIpc) is 3.06. The summed E-state index contributed by atoms with van der Waals surface area (Å²) in [6, 6.07) is 0. The SMILES string of the molecule is CC(C)Cc1ncc2c(n1)CN(C(=O)Cn1cnnn1)C2. The van der Waals surface area contributed by atoms with Crippen molar-refractivity contribution >= 4 is 5.91 Å². The number of rotatable bonds is 4. The highest BCUT2D eigenvalue weighted by Gasteiger charge is 2.25. The number of carbonyl (C=O) groups is 1. The van der Waals surface area contributed by atoms with Gasteiger partial charge in [-0.3, -0.25) is 4.79 Å². The maximum Gasteiger partial charge on any atom is 0.245 e. The molecule has 0 fully saturated rings. The van der Waals surface area contributed by atoms with Crippen LogP contribution in [0.5, 0.6) is 0 Å². The molecule has 0 spiro atoms. The summed E-state index contributed by atoms with van der Waals surface area (Å²) in [5.74, 6) is 1.34. The zero-order chi connectivity index (χ0) is 14.8. The predicted molar refractivity (Wildman–Crippen MR) is 72.6 cm³/mol. The lowest BCUT2D eigenvalue weighted by Crippen LogP contribution is -2.29. The lowest BCUT2D eigenvalue weighted by Gasteiger charge is -2.14. The Bertz CT molecular complexity index is 638. The Morgan fingerprint density at radius 1 is 1.38 bits per heavy atom. The van der Waals surface area contributed by atoms with E-state index in [-0.39, 0.29) is 12.5 Å². The number of tetrazole rings is 1. The summed E-state index contributed by atoms with van der Waals surface area (Å²) < 4.78 is 1.42. The minimum absolute atomic E-state index is 0.0225. The first-order valence-corrected chi connectivity index (χ1v) is 6.94. The van der Waals surface area contributed by atoms with E-state index in [0.29, 0.717) is 19.0 Å². The molecule has 3 rings (SSSR count). The van der Waals surface area contributed by atoms with Gasteiger partial charge < -0.3 is 4.90 Å². The summed E-state index contributed by atoms with van der Waals surface area (Å²) in [5.41, 5.74) is 1.97. The summed E-state index contributed by atoms with van der Waals surface area (Å²) in [7, 11) is 0. The summed E-state index contributed by atoms with van der Waals surface area (Å²) >= 11 is 0. The van der Waals surface area contributed by atoms with Crippen molar-refractivity contribution in [3.63, 3.8) is 0 Å². The fourth-order valence-corrected chi connectivity index (χ4v) is 2.33. The minimum atomic E-state index is -0.0225. The molecule has 2 aromatic heterocycles. The van der Waals surface area contributed by atoms with E-state index in [2.05, 4.69) is 39.3 Å². The van der Waals surface area contributed by atoms with Crippen molar-refractivity contribution in [2.75, 3.05) is 0 Å². The zero-order valence-corrected chi connectivity index (χ0v) is 12.1. The Kier molecular flexibility index (Phi) is 3.59. The average molecular weight is 287 g/mol. The molecule has 0 radical (unpaired) electrons. The molecule has 0 saturated carbocycles. The molecule has 0 saturated heterocycles. The smallest absolute Gasteiger partial charge is 0.245 e. The van der Waals surface area contributed by atoms with Crippen LogP contribution in [0.15, 0.2) is 12.5 Å². The van der Waals surface area contributed by atoms with Crippen molar-refractivity contribution in [3.05, 3.63) is 29.6 Å². The van der Waals surface area contributed by atoms with E-state index in [0.717, 1.165) is 23.5 Å². The number of fused-ring (bicyclic) bond motifs is 1. The maximum atomic E-state index is 12.2. The lowest BCUT2D eigenvalue weighted by molar-refractivity contribution is -0.132. The third-order valence-electron chi connectivity index (χ3n) is 3.34. The monoisotopic (exact) mass is 287 g/mol. The van der Waals surface area contributed by atoms with E-state index >= 15 is 0 Å². The van der Waals surface area contributed by atoms with E-state index in [1.807, 2.05) is 6.20 Å². The highest BCUT2D eigenvalue weighted by Crippen LogP contribution is 2.21. The first-order valence-electron chi connectivity index (χ1n) is 6.94. The van der Waals surface area contributed by atoms with Crippen LogP contribution in [0.25, 0.3) is 0 Å². The van der Waals surface area contributed by atoms with Crippen LogP contribution >= 0.6 is 0 Å². The van der Waals surface area contributed by atoms with E-state index in [4.69, 9.17) is 0 Å². The van der Waals surface area contributed by atoms with Gasteiger partial charge >= 0.3 is 0 Å². The molecule has 8 nitrogen and oxygen atoms in total. The van der Waals surface area contributed by atoms with Crippen LogP contribution in [0.1, 0.15) is 30.9 Å². The summed E-state index contributed by atoms with van der Waals surface area (Å²) in [6.45, 7) is 5.51. The molecule has 0 aromatic carbocycles. The zero-order valence-electron chi connectivity index (χ0n) is 12.1. The van der Waals surface area contributed by atoms with E-state index in [9.17, 15) is 4.79 Å². The molecule has 1 aliphatic rings. The Morgan fingerprint density at radius 2 is 2.24 bits per heavy atom. The molecule has 3 heterocycles. The molecule has 0 bridgehead atoms. The summed E-state index contributed by atoms with van der Waals surface area (Å²) in [6.07, 6.45) is 4.12. The molecule has 0 N–H and O–H groups in total. The van der Waals surface area contributed by atoms with Gasteiger partial charge in [0.15, 0.2) is 0 Å². The highest BCUT2D eigenvalue weighted by molar-refractivity contribution is 5.76. The standard InChI is InChI=1S/C13H17N7O/c1-9(2)3-12-14-4-10-5-19(6-11(10)16-12)13(21)7-20-8-15-17-18-20/h4,8-9H,3,5-7H2,1-2H3. The number of amides is 1. The van der Waals surface area contributed by atoms with Crippen LogP contribution in [0, 0.1) is 5.92 Å². The maximum absolute atomic E-state index is 12.2. The Balaban J connectivity index is 1.68. The second-order valence-electron chi connectivity index (χ2n) is 5.61. The Labute approximate surface area is 122 Å². The van der Waals surface area contributed by atoms with Gasteiger partial charge in [-0.05, 0) is 16.3 Å². The van der Waals surface area contributed by atoms with Crippen molar-refractivity contribution in [3.8, 4) is 0 Å². The topological polar surface area (TPSA) is 89.7 Å². The van der Waals surface area contributed by atoms with Crippen LogP contribution in [0.2, 0.25) is 0 Å². The van der Waals surface area contributed by atoms with Crippen molar-refractivity contribution in [2.24, 2.45) is 5.92 Å². The van der Waals surface area contributed by atoms with Gasteiger partial charge in [0.05, 0.1) is 12.2 Å². The van der Waals surface area contributed by atoms with Gasteiger partial charge in [-0.15, -0.1) is 5.10 Å². The molecule has 21 heavy (non-hydrogen) atoms. The second-order valence-corrected chi connectivity index (χ2v) is 5.61. The third kappa shape index (κ3) is 3.04. The normalized spacial score (nSPS) is 13.8. The fraction of sp³-hybridized carbons (Fsp3) is 0.538. The van der Waals surface area contributed by atoms with Crippen LogP contribution < -0.4 is 0 Å². The molecule has 0 atom stereocenters. The largest absolute Gasteiger partial charge is 0.331 e. The molecule has 0 aliphatic carbocycles. The third-order valence-corrected chi connectivity index (χ3v) is 3.34. The van der Waals surface area contributed by atoms with Gasteiger partial charge in [0.1, 0.15) is 18.7 Å². The van der Waals surface area contributed by atoms with Crippen LogP contribution in [0.3, 0.4) is 0 Å². The lowest BCUT2D eigenvalue weighted by atomic mass is 10.1. The van der Waals surface area contributed by atoms with E-state index in [1.54, 1.807) is 4.90 Å². The number of hydrogen-bond acceptors (Lipinski definition) is 6. The van der Waals surface area contributed by atoms with Crippen LogP contribution in [-0.2, 0) is 30.8 Å². The van der Waals surface area contributed by atoms with Gasteiger partial charge in [0, 0.05) is 24.7 Å². The van der Waals surface area contributed by atoms with Gasteiger partial charge in [-0.25, -0.2) is 14.6 Å². The van der Waals surface area contributed by atoms with Gasteiger partial charge in [-0.1, -0.05) is 13.8 Å². The predicted octanol–water partition coefficient (Wildman–Crippen LogP) is 0.204. The number of hydrogen-bond donors (Lipinski definition) is 0. The molecule has 110 valence electrons. The minimum Gasteiger partial charge on any atom is -0.331 e. The van der Waals surface area contributed by atoms with Crippen molar-refractivity contribution < 1.29 is 4.79 Å². The van der Waals surface area contributed by atoms with Gasteiger partial charge in [0.25, 0.3) is 0 Å². The van der Waals surface area contributed by atoms with Crippen molar-refractivity contribution in [1.82, 2.24) is 35.1 Å². The Morgan fingerprint density at radius 3 is 2.95 bits per heavy atom. The quantitative estimate of drug-likeness (QED) is 0.798. The Hall–Kier alpha value is -2.38. The van der Waals surface area contributed by atoms with E-state index < -0.39 is 0 Å². The number of nitrogens with zero attached hydrogens (tertiary/aromatic N) is 7. The summed E-state index contributed by atoms with van der Waals surface area (Å²) in [5, 5.41) is 10.7. The molecule has 1 aliphatic heterocycles. The van der Waals surface area contributed by atoms with Crippen molar-refractivity contribution in [2.45, 2.75) is 39.9 Å². The van der Waals surface area contributed by atoms with Crippen molar-refractivity contribution in [1.29, 1.82) is 0 Å². The molecular weight excluding hydrogens is 270 g/mol. The first kappa shape index (κ1) is 13.6. The molecular formula is C13H17N7O. The highest BCUT2D eigenvalue weighted by atomic mass is 16.2. The summed E-state index contributed by atoms with van der Waals surface area (Å²) in [4.78, 5) is 22.9. The molecule has 2 aromatic rings. The van der Waals surface area contributed by atoms with Crippen LogP contribution in [-0.4, -0.2) is 41.0 Å². The fourth-order valence-electron chi connectivity index (χ4n) is 2.33. The first-order chi connectivity index (χ1) is 10.1. The molecule has 1 amide bonds.